The van der Waals surface area contributed by atoms with Gasteiger partial charge in [-0.1, -0.05) is 53.2 Å². The van der Waals surface area contributed by atoms with Gasteiger partial charge in [0.15, 0.2) is 5.17 Å². The summed E-state index contributed by atoms with van der Waals surface area (Å²) in [5.74, 6) is -0.587. The highest BCUT2D eigenvalue weighted by Gasteiger charge is 2.30. The molecular formula is C19H16Cl2N4O2S. The molecule has 2 N–H and O–H groups in total. The van der Waals surface area contributed by atoms with E-state index in [-0.39, 0.29) is 23.4 Å². The lowest BCUT2D eigenvalue weighted by Gasteiger charge is -2.21. The molecule has 1 atom stereocenters. The summed E-state index contributed by atoms with van der Waals surface area (Å²) in [7, 11) is 0. The minimum Gasteiger partial charge on any atom is -0.325 e. The number of anilines is 1. The van der Waals surface area contributed by atoms with Crippen molar-refractivity contribution in [1.29, 1.82) is 0 Å². The summed E-state index contributed by atoms with van der Waals surface area (Å²) in [6.45, 7) is 1.80. The smallest absolute Gasteiger partial charge is 0.238 e. The topological polar surface area (TPSA) is 82.9 Å². The molecular weight excluding hydrogens is 419 g/mol. The van der Waals surface area contributed by atoms with Crippen molar-refractivity contribution < 1.29 is 9.59 Å². The Kier molecular flexibility index (Phi) is 6.72. The third-order valence-electron chi connectivity index (χ3n) is 3.81. The lowest BCUT2D eigenvalue weighted by atomic mass is 10.1. The van der Waals surface area contributed by atoms with Crippen LogP contribution in [0.5, 0.6) is 0 Å². The number of nitrogens with zero attached hydrogens (tertiary/aromatic N) is 2. The highest BCUT2D eigenvalue weighted by atomic mass is 35.5. The van der Waals surface area contributed by atoms with Gasteiger partial charge in [0.1, 0.15) is 5.25 Å². The van der Waals surface area contributed by atoms with E-state index in [1.165, 1.54) is 0 Å². The first-order valence-corrected chi connectivity index (χ1v) is 9.95. The quantitative estimate of drug-likeness (QED) is 0.554. The fourth-order valence-electron chi connectivity index (χ4n) is 2.40. The van der Waals surface area contributed by atoms with E-state index >= 15 is 0 Å². The molecule has 3 rings (SSSR count). The molecule has 0 bridgehead atoms. The summed E-state index contributed by atoms with van der Waals surface area (Å²) >= 11 is 13.0. The first kappa shape index (κ1) is 20.4. The molecule has 0 aromatic heterocycles. The third kappa shape index (κ3) is 5.58. The number of hydrogen-bond donors (Lipinski definition) is 2. The fraction of sp³-hybridized carbons (Fsp3) is 0.158. The summed E-state index contributed by atoms with van der Waals surface area (Å²) in [4.78, 5) is 24.5. The summed E-state index contributed by atoms with van der Waals surface area (Å²) in [5, 5.41) is 14.4. The van der Waals surface area contributed by atoms with Crippen molar-refractivity contribution in [2.24, 2.45) is 10.2 Å². The Morgan fingerprint density at radius 3 is 2.64 bits per heavy atom. The number of carbonyl (C=O) groups excluding carboxylic acids is 2. The number of amidine groups is 1. The number of thioether (sulfide) groups is 1. The van der Waals surface area contributed by atoms with Gasteiger partial charge in [0, 0.05) is 22.2 Å². The van der Waals surface area contributed by atoms with Gasteiger partial charge in [0.05, 0.1) is 5.71 Å². The van der Waals surface area contributed by atoms with Crippen LogP contribution in [0.2, 0.25) is 10.0 Å². The molecule has 1 heterocycles. The van der Waals surface area contributed by atoms with Gasteiger partial charge in [-0.3, -0.25) is 9.59 Å². The number of carbonyl (C=O) groups is 2. The van der Waals surface area contributed by atoms with Crippen molar-refractivity contribution in [2.45, 2.75) is 18.6 Å². The van der Waals surface area contributed by atoms with Crippen molar-refractivity contribution in [1.82, 2.24) is 5.32 Å². The van der Waals surface area contributed by atoms with Crippen LogP contribution in [-0.2, 0) is 9.59 Å². The average Bonchev–Trinajstić information content (AvgIpc) is 2.66. The molecule has 2 amide bonds. The SMILES string of the molecule is C/C(=N\N=C1/NC(=O)CC(C(=O)Nc2cccc(Cl)c2)S1)c1ccc(Cl)cc1. The molecule has 0 saturated carbocycles. The van der Waals surface area contributed by atoms with E-state index in [0.29, 0.717) is 21.4 Å². The summed E-state index contributed by atoms with van der Waals surface area (Å²) in [6, 6.07) is 14.0. The molecule has 1 aliphatic heterocycles. The number of nitrogens with one attached hydrogen (secondary N) is 2. The maximum Gasteiger partial charge on any atom is 0.238 e. The standard InChI is InChI=1S/C19H16Cl2N4O2S/c1-11(12-5-7-13(20)8-6-12)24-25-19-23-17(26)10-16(28-19)18(27)22-15-4-2-3-14(21)9-15/h2-9,16H,10H2,1H3,(H,22,27)(H,23,25,26)/b24-11+. The van der Waals surface area contributed by atoms with Crippen molar-refractivity contribution in [3.63, 3.8) is 0 Å². The Morgan fingerprint density at radius 1 is 1.18 bits per heavy atom. The zero-order valence-electron chi connectivity index (χ0n) is 14.8. The molecule has 0 radical (unpaired) electrons. The first-order valence-electron chi connectivity index (χ1n) is 8.32. The molecule has 144 valence electrons. The zero-order chi connectivity index (χ0) is 20.1. The summed E-state index contributed by atoms with van der Waals surface area (Å²) in [5.41, 5.74) is 2.08. The zero-order valence-corrected chi connectivity index (χ0v) is 17.1. The van der Waals surface area contributed by atoms with Crippen molar-refractivity contribution in [3.05, 3.63) is 64.1 Å². The van der Waals surface area contributed by atoms with Gasteiger partial charge in [-0.2, -0.15) is 5.10 Å². The molecule has 1 saturated heterocycles. The van der Waals surface area contributed by atoms with Crippen molar-refractivity contribution in [2.75, 3.05) is 5.32 Å². The monoisotopic (exact) mass is 434 g/mol. The largest absolute Gasteiger partial charge is 0.325 e. The first-order chi connectivity index (χ1) is 13.4. The Hall–Kier alpha value is -2.35. The van der Waals surface area contributed by atoms with E-state index in [0.717, 1.165) is 17.3 Å². The number of benzene rings is 2. The molecule has 28 heavy (non-hydrogen) atoms. The Labute approximate surface area is 176 Å². The van der Waals surface area contributed by atoms with Crippen LogP contribution in [0.25, 0.3) is 0 Å². The van der Waals surface area contributed by atoms with Gasteiger partial charge in [-0.15, -0.1) is 5.10 Å². The predicted molar refractivity (Wildman–Crippen MR) is 115 cm³/mol. The average molecular weight is 435 g/mol. The highest BCUT2D eigenvalue weighted by molar-refractivity contribution is 8.15. The number of hydrogen-bond acceptors (Lipinski definition) is 5. The van der Waals surface area contributed by atoms with Crippen LogP contribution in [-0.4, -0.2) is 27.9 Å². The molecule has 6 nitrogen and oxygen atoms in total. The predicted octanol–water partition coefficient (Wildman–Crippen LogP) is 4.33. The van der Waals surface area contributed by atoms with Crippen LogP contribution in [0, 0.1) is 0 Å². The van der Waals surface area contributed by atoms with Gasteiger partial charge >= 0.3 is 0 Å². The van der Waals surface area contributed by atoms with Crippen LogP contribution in [0.4, 0.5) is 5.69 Å². The van der Waals surface area contributed by atoms with Gasteiger partial charge in [-0.25, -0.2) is 0 Å². The summed E-state index contributed by atoms with van der Waals surface area (Å²) in [6.07, 6.45) is 0.0516. The van der Waals surface area contributed by atoms with Gasteiger partial charge < -0.3 is 10.6 Å². The molecule has 2 aromatic carbocycles. The van der Waals surface area contributed by atoms with Crippen LogP contribution in [0.1, 0.15) is 18.9 Å². The van der Waals surface area contributed by atoms with Crippen LogP contribution >= 0.6 is 35.0 Å². The fourth-order valence-corrected chi connectivity index (χ4v) is 3.64. The van der Waals surface area contributed by atoms with E-state index in [2.05, 4.69) is 20.8 Å². The molecule has 1 unspecified atom stereocenters. The van der Waals surface area contributed by atoms with Crippen LogP contribution in [0.15, 0.2) is 58.7 Å². The van der Waals surface area contributed by atoms with Crippen molar-refractivity contribution in [3.8, 4) is 0 Å². The lowest BCUT2D eigenvalue weighted by molar-refractivity contribution is -0.123. The van der Waals surface area contributed by atoms with Crippen molar-refractivity contribution >= 4 is 63.3 Å². The minimum atomic E-state index is -0.613. The molecule has 2 aromatic rings. The van der Waals surface area contributed by atoms with E-state index in [9.17, 15) is 9.59 Å². The number of amides is 2. The Balaban J connectivity index is 1.70. The molecule has 1 fully saturated rings. The Bertz CT molecular complexity index is 961. The molecule has 0 aliphatic carbocycles. The maximum atomic E-state index is 12.5. The van der Waals surface area contributed by atoms with Crippen LogP contribution in [0.3, 0.4) is 0 Å². The second-order valence-corrected chi connectivity index (χ2v) is 8.02. The van der Waals surface area contributed by atoms with E-state index < -0.39 is 5.25 Å². The maximum absolute atomic E-state index is 12.5. The van der Waals surface area contributed by atoms with Gasteiger partial charge in [0.2, 0.25) is 11.8 Å². The number of rotatable bonds is 4. The number of halogens is 2. The van der Waals surface area contributed by atoms with Crippen LogP contribution < -0.4 is 10.6 Å². The van der Waals surface area contributed by atoms with E-state index in [4.69, 9.17) is 23.2 Å². The third-order valence-corrected chi connectivity index (χ3v) is 5.37. The highest BCUT2D eigenvalue weighted by Crippen LogP contribution is 2.23. The lowest BCUT2D eigenvalue weighted by Crippen LogP contribution is -2.41. The minimum absolute atomic E-state index is 0.0516. The normalized spacial score (nSPS) is 18.7. The van der Waals surface area contributed by atoms with E-state index in [1.807, 2.05) is 12.1 Å². The summed E-state index contributed by atoms with van der Waals surface area (Å²) < 4.78 is 0. The van der Waals surface area contributed by atoms with Gasteiger partial charge in [0.25, 0.3) is 0 Å². The molecule has 9 heteroatoms. The Morgan fingerprint density at radius 2 is 1.93 bits per heavy atom. The van der Waals surface area contributed by atoms with E-state index in [1.54, 1.807) is 43.3 Å². The molecule has 0 spiro atoms. The second kappa shape index (κ2) is 9.23. The van der Waals surface area contributed by atoms with Gasteiger partial charge in [-0.05, 0) is 42.8 Å². The molecule has 1 aliphatic rings. The second-order valence-electron chi connectivity index (χ2n) is 5.96.